The van der Waals surface area contributed by atoms with Crippen molar-refractivity contribution < 1.29 is 4.42 Å². The molecule has 0 fully saturated rings. The van der Waals surface area contributed by atoms with Gasteiger partial charge in [0, 0.05) is 39.5 Å². The van der Waals surface area contributed by atoms with Gasteiger partial charge in [0.05, 0.1) is 0 Å². The van der Waals surface area contributed by atoms with Crippen LogP contribution in [0.2, 0.25) is 0 Å². The van der Waals surface area contributed by atoms with E-state index in [0.717, 1.165) is 50.1 Å². The molecule has 0 aliphatic heterocycles. The molecule has 0 saturated carbocycles. The van der Waals surface area contributed by atoms with Crippen molar-refractivity contribution in [1.82, 2.24) is 0 Å². The summed E-state index contributed by atoms with van der Waals surface area (Å²) in [7, 11) is 0. The van der Waals surface area contributed by atoms with Crippen molar-refractivity contribution in [2.75, 3.05) is 4.90 Å². The summed E-state index contributed by atoms with van der Waals surface area (Å²) >= 11 is 0. The zero-order chi connectivity index (χ0) is 38.4. The number of anilines is 3. The summed E-state index contributed by atoms with van der Waals surface area (Å²) in [6.45, 7) is 0. The first-order valence-corrected chi connectivity index (χ1v) is 19.8. The van der Waals surface area contributed by atoms with Crippen LogP contribution >= 0.6 is 0 Å². The molecule has 2 heteroatoms. The Morgan fingerprint density at radius 3 is 1.50 bits per heavy atom. The second-order valence-corrected chi connectivity index (χ2v) is 14.9. The second-order valence-electron chi connectivity index (χ2n) is 14.9. The molecule has 11 rings (SSSR count). The highest BCUT2D eigenvalue weighted by atomic mass is 16.3. The van der Waals surface area contributed by atoms with E-state index in [-0.39, 0.29) is 0 Å². The molecule has 0 aliphatic rings. The number of furan rings is 1. The molecule has 1 heterocycles. The predicted molar refractivity (Wildman–Crippen MR) is 245 cm³/mol. The fourth-order valence-electron chi connectivity index (χ4n) is 8.61. The fourth-order valence-corrected chi connectivity index (χ4v) is 8.61. The average molecular weight is 740 g/mol. The predicted octanol–water partition coefficient (Wildman–Crippen LogP) is 16.0. The van der Waals surface area contributed by atoms with Crippen LogP contribution in [0, 0.1) is 0 Å². The van der Waals surface area contributed by atoms with Crippen LogP contribution in [0.15, 0.2) is 229 Å². The molecule has 0 saturated heterocycles. The molecule has 0 amide bonds. The van der Waals surface area contributed by atoms with E-state index in [2.05, 4.69) is 223 Å². The molecule has 0 bridgehead atoms. The van der Waals surface area contributed by atoms with Gasteiger partial charge in [-0.15, -0.1) is 0 Å². The molecular weight excluding hydrogens is 703 g/mol. The van der Waals surface area contributed by atoms with Crippen molar-refractivity contribution in [3.8, 4) is 44.5 Å². The Balaban J connectivity index is 1.02. The van der Waals surface area contributed by atoms with E-state index >= 15 is 0 Å². The van der Waals surface area contributed by atoms with E-state index < -0.39 is 0 Å². The molecule has 0 aliphatic carbocycles. The monoisotopic (exact) mass is 739 g/mol. The third-order valence-corrected chi connectivity index (χ3v) is 11.5. The van der Waals surface area contributed by atoms with E-state index in [1.165, 1.54) is 54.9 Å². The summed E-state index contributed by atoms with van der Waals surface area (Å²) in [6.07, 6.45) is 0. The fraction of sp³-hybridized carbons (Fsp3) is 0. The average Bonchev–Trinajstić information content (AvgIpc) is 3.68. The maximum atomic E-state index is 6.75. The number of para-hydroxylation sites is 1. The van der Waals surface area contributed by atoms with Gasteiger partial charge >= 0.3 is 0 Å². The Bertz CT molecular complexity index is 3250. The van der Waals surface area contributed by atoms with Crippen molar-refractivity contribution in [2.24, 2.45) is 0 Å². The lowest BCUT2D eigenvalue weighted by atomic mass is 9.95. The maximum absolute atomic E-state index is 6.75. The molecule has 0 N–H and O–H groups in total. The summed E-state index contributed by atoms with van der Waals surface area (Å²) in [5.41, 5.74) is 14.4. The summed E-state index contributed by atoms with van der Waals surface area (Å²) in [5, 5.41) is 7.19. The maximum Gasteiger partial charge on any atom is 0.143 e. The van der Waals surface area contributed by atoms with Crippen LogP contribution in [0.5, 0.6) is 0 Å². The number of rotatable bonds is 7. The standard InChI is InChI=1S/C56H37NO/c1-3-12-39(13-4-1)50-21-10-18-42-24-25-44(36-54(42)50)38-26-30-45(31-27-38)57(46-32-28-43(29-33-46)49-20-9-17-40-16-7-8-19-48(40)49)47-34-35-52-53-23-11-22-51(41-14-5-2-6-15-41)56(53)58-55(52)37-47/h1-37H. The number of hydrogen-bond donors (Lipinski definition) is 0. The lowest BCUT2D eigenvalue weighted by molar-refractivity contribution is 0.670. The molecule has 1 aromatic heterocycles. The molecule has 58 heavy (non-hydrogen) atoms. The Morgan fingerprint density at radius 1 is 0.276 bits per heavy atom. The van der Waals surface area contributed by atoms with Crippen LogP contribution in [0.1, 0.15) is 0 Å². The number of fused-ring (bicyclic) bond motifs is 5. The first kappa shape index (κ1) is 33.6. The molecular formula is C56H37NO. The number of hydrogen-bond acceptors (Lipinski definition) is 2. The van der Waals surface area contributed by atoms with Crippen LogP contribution in [0.3, 0.4) is 0 Å². The van der Waals surface area contributed by atoms with Gasteiger partial charge in [-0.05, 0) is 103 Å². The first-order chi connectivity index (χ1) is 28.7. The zero-order valence-electron chi connectivity index (χ0n) is 31.7. The topological polar surface area (TPSA) is 16.4 Å². The molecule has 2 nitrogen and oxygen atoms in total. The van der Waals surface area contributed by atoms with Crippen LogP contribution in [-0.2, 0) is 0 Å². The molecule has 10 aromatic carbocycles. The van der Waals surface area contributed by atoms with E-state index in [0.29, 0.717) is 0 Å². The van der Waals surface area contributed by atoms with E-state index in [4.69, 9.17) is 4.42 Å². The summed E-state index contributed by atoms with van der Waals surface area (Å²) in [4.78, 5) is 2.33. The van der Waals surface area contributed by atoms with Crippen molar-refractivity contribution in [3.63, 3.8) is 0 Å². The van der Waals surface area contributed by atoms with Crippen LogP contribution < -0.4 is 4.90 Å². The summed E-state index contributed by atoms with van der Waals surface area (Å²) in [6, 6.07) is 80.5. The van der Waals surface area contributed by atoms with Gasteiger partial charge in [0.15, 0.2) is 0 Å². The largest absolute Gasteiger partial charge is 0.455 e. The zero-order valence-corrected chi connectivity index (χ0v) is 31.7. The van der Waals surface area contributed by atoms with Gasteiger partial charge in [0.1, 0.15) is 11.2 Å². The lowest BCUT2D eigenvalue weighted by Gasteiger charge is -2.26. The smallest absolute Gasteiger partial charge is 0.143 e. The van der Waals surface area contributed by atoms with Crippen molar-refractivity contribution >= 4 is 60.5 Å². The summed E-state index contributed by atoms with van der Waals surface area (Å²) in [5.74, 6) is 0. The Kier molecular flexibility index (Phi) is 8.19. The van der Waals surface area contributed by atoms with Gasteiger partial charge in [-0.3, -0.25) is 0 Å². The van der Waals surface area contributed by atoms with E-state index in [1.54, 1.807) is 0 Å². The molecule has 0 spiro atoms. The normalized spacial score (nSPS) is 11.4. The third-order valence-electron chi connectivity index (χ3n) is 11.5. The van der Waals surface area contributed by atoms with Gasteiger partial charge in [-0.2, -0.15) is 0 Å². The van der Waals surface area contributed by atoms with Crippen LogP contribution in [0.25, 0.3) is 88.0 Å². The molecule has 11 aromatic rings. The Labute approximate surface area is 337 Å². The second kappa shape index (κ2) is 14.1. The SMILES string of the molecule is c1ccc(-c2cccc3ccc(-c4ccc(N(c5ccc(-c6cccc7ccccc67)cc5)c5ccc6c(c5)oc5c(-c7ccccc7)cccc56)cc4)cc23)cc1. The van der Waals surface area contributed by atoms with Crippen molar-refractivity contribution in [3.05, 3.63) is 224 Å². The Hall–Kier alpha value is -7.68. The van der Waals surface area contributed by atoms with Gasteiger partial charge in [-0.1, -0.05) is 176 Å². The highest BCUT2D eigenvalue weighted by Gasteiger charge is 2.18. The van der Waals surface area contributed by atoms with Gasteiger partial charge < -0.3 is 9.32 Å². The minimum atomic E-state index is 0.857. The van der Waals surface area contributed by atoms with Gasteiger partial charge in [0.25, 0.3) is 0 Å². The first-order valence-electron chi connectivity index (χ1n) is 19.8. The quantitative estimate of drug-likeness (QED) is 0.162. The van der Waals surface area contributed by atoms with Crippen LogP contribution in [-0.4, -0.2) is 0 Å². The van der Waals surface area contributed by atoms with E-state index in [9.17, 15) is 0 Å². The van der Waals surface area contributed by atoms with E-state index in [1.807, 2.05) is 6.07 Å². The highest BCUT2D eigenvalue weighted by Crippen LogP contribution is 2.42. The number of benzene rings is 10. The lowest BCUT2D eigenvalue weighted by Crippen LogP contribution is -2.09. The minimum Gasteiger partial charge on any atom is -0.455 e. The Morgan fingerprint density at radius 2 is 0.776 bits per heavy atom. The van der Waals surface area contributed by atoms with Crippen LogP contribution in [0.4, 0.5) is 17.1 Å². The minimum absolute atomic E-state index is 0.857. The molecule has 272 valence electrons. The highest BCUT2D eigenvalue weighted by molar-refractivity contribution is 6.10. The summed E-state index contributed by atoms with van der Waals surface area (Å²) < 4.78 is 6.75. The molecule has 0 atom stereocenters. The van der Waals surface area contributed by atoms with Gasteiger partial charge in [-0.25, -0.2) is 0 Å². The number of nitrogens with zero attached hydrogens (tertiary/aromatic N) is 1. The molecule has 0 unspecified atom stereocenters. The third kappa shape index (κ3) is 5.91. The van der Waals surface area contributed by atoms with Crippen molar-refractivity contribution in [2.45, 2.75) is 0 Å². The molecule has 0 radical (unpaired) electrons. The van der Waals surface area contributed by atoms with Gasteiger partial charge in [0.2, 0.25) is 0 Å². The van der Waals surface area contributed by atoms with Crippen molar-refractivity contribution in [1.29, 1.82) is 0 Å².